The zero-order valence-corrected chi connectivity index (χ0v) is 10.3. The number of hydrogen-bond acceptors (Lipinski definition) is 5. The highest BCUT2D eigenvalue weighted by Crippen LogP contribution is 2.06. The normalized spacial score (nSPS) is 10.3. The molecule has 0 spiro atoms. The number of aromatic nitrogens is 4. The Balaban J connectivity index is 1.88. The lowest BCUT2D eigenvalue weighted by molar-refractivity contribution is 0.249. The van der Waals surface area contributed by atoms with Crippen LogP contribution in [0, 0.1) is 0 Å². The van der Waals surface area contributed by atoms with Gasteiger partial charge in [-0.3, -0.25) is 0 Å². The fraction of sp³-hybridized carbons (Fsp3) is 0.273. The lowest BCUT2D eigenvalue weighted by atomic mass is 10.3. The van der Waals surface area contributed by atoms with Crippen molar-refractivity contribution in [2.24, 2.45) is 5.73 Å². The molecule has 8 nitrogen and oxygen atoms in total. The van der Waals surface area contributed by atoms with Crippen LogP contribution in [0.25, 0.3) is 5.69 Å². The quantitative estimate of drug-likeness (QED) is 0.602. The van der Waals surface area contributed by atoms with E-state index in [1.54, 1.807) is 4.68 Å². The molecule has 0 atom stereocenters. The van der Waals surface area contributed by atoms with Crippen LogP contribution in [0.2, 0.25) is 0 Å². The second kappa shape index (κ2) is 6.45. The molecule has 0 fully saturated rings. The van der Waals surface area contributed by atoms with Gasteiger partial charge in [-0.2, -0.15) is 4.68 Å². The van der Waals surface area contributed by atoms with Crippen LogP contribution in [0.3, 0.4) is 0 Å². The molecule has 19 heavy (non-hydrogen) atoms. The summed E-state index contributed by atoms with van der Waals surface area (Å²) in [6, 6.07) is 9.09. The fourth-order valence-electron chi connectivity index (χ4n) is 1.56. The summed E-state index contributed by atoms with van der Waals surface area (Å²) in [7, 11) is 0. The highest BCUT2D eigenvalue weighted by molar-refractivity contribution is 5.71. The van der Waals surface area contributed by atoms with Crippen LogP contribution in [0.5, 0.6) is 0 Å². The topological polar surface area (TPSA) is 111 Å². The van der Waals surface area contributed by atoms with E-state index in [4.69, 9.17) is 5.73 Å². The van der Waals surface area contributed by atoms with Crippen molar-refractivity contribution in [2.75, 3.05) is 13.1 Å². The third kappa shape index (κ3) is 3.75. The molecular formula is C11H15N7O. The number of carbonyl (C=O) groups excluding carboxylic acids is 1. The summed E-state index contributed by atoms with van der Waals surface area (Å²) >= 11 is 0. The van der Waals surface area contributed by atoms with E-state index in [9.17, 15) is 4.79 Å². The number of nitrogens with one attached hydrogen (secondary N) is 2. The molecule has 1 heterocycles. The number of hydrogen-bond donors (Lipinski definition) is 3. The van der Waals surface area contributed by atoms with Crippen LogP contribution in [0.4, 0.5) is 4.79 Å². The Hall–Kier alpha value is -2.48. The lowest BCUT2D eigenvalue weighted by Crippen LogP contribution is -2.35. The Kier molecular flexibility index (Phi) is 4.40. The first kappa shape index (κ1) is 13.0. The lowest BCUT2D eigenvalue weighted by Gasteiger charge is -2.06. The van der Waals surface area contributed by atoms with Crippen molar-refractivity contribution < 1.29 is 4.79 Å². The second-order valence-electron chi connectivity index (χ2n) is 3.81. The summed E-state index contributed by atoms with van der Waals surface area (Å²) in [5, 5.41) is 17.2. The van der Waals surface area contributed by atoms with Crippen molar-refractivity contribution in [2.45, 2.75) is 6.54 Å². The molecule has 0 aliphatic heterocycles. The van der Waals surface area contributed by atoms with Crippen molar-refractivity contribution in [3.05, 3.63) is 36.2 Å². The summed E-state index contributed by atoms with van der Waals surface area (Å²) < 4.78 is 1.66. The summed E-state index contributed by atoms with van der Waals surface area (Å²) in [6.07, 6.45) is 0. The first-order valence-electron chi connectivity index (χ1n) is 5.84. The first-order chi connectivity index (χ1) is 9.27. The molecule has 2 rings (SSSR count). The van der Waals surface area contributed by atoms with E-state index < -0.39 is 6.03 Å². The van der Waals surface area contributed by atoms with Crippen LogP contribution in [0.15, 0.2) is 30.3 Å². The van der Waals surface area contributed by atoms with Crippen LogP contribution in [-0.4, -0.2) is 39.3 Å². The predicted molar refractivity (Wildman–Crippen MR) is 68.4 cm³/mol. The Labute approximate surface area is 110 Å². The largest absolute Gasteiger partial charge is 0.352 e. The van der Waals surface area contributed by atoms with Crippen LogP contribution in [-0.2, 0) is 6.54 Å². The molecule has 0 aliphatic rings. The van der Waals surface area contributed by atoms with Crippen LogP contribution >= 0.6 is 0 Å². The van der Waals surface area contributed by atoms with Crippen molar-refractivity contribution in [1.82, 2.24) is 30.8 Å². The molecule has 1 aromatic carbocycles. The van der Waals surface area contributed by atoms with E-state index in [-0.39, 0.29) is 0 Å². The summed E-state index contributed by atoms with van der Waals surface area (Å²) in [4.78, 5) is 10.5. The van der Waals surface area contributed by atoms with E-state index in [1.165, 1.54) is 0 Å². The summed E-state index contributed by atoms with van der Waals surface area (Å²) in [5.74, 6) is 0.699. The van der Waals surface area contributed by atoms with Crippen LogP contribution < -0.4 is 16.4 Å². The molecule has 0 aliphatic carbocycles. The fourth-order valence-corrected chi connectivity index (χ4v) is 1.56. The molecular weight excluding hydrogens is 246 g/mol. The number of para-hydroxylation sites is 1. The Morgan fingerprint density at radius 1 is 1.26 bits per heavy atom. The zero-order chi connectivity index (χ0) is 13.5. The SMILES string of the molecule is NC(=O)NCCNCc1nnnn1-c1ccccc1. The molecule has 2 amide bonds. The number of amides is 2. The third-order valence-electron chi connectivity index (χ3n) is 2.42. The maximum Gasteiger partial charge on any atom is 0.312 e. The molecule has 0 bridgehead atoms. The Morgan fingerprint density at radius 3 is 2.79 bits per heavy atom. The standard InChI is InChI=1S/C11H15N7O/c12-11(19)14-7-6-13-8-10-15-16-17-18(10)9-4-2-1-3-5-9/h1-5,13H,6-8H2,(H3,12,14,19). The van der Waals surface area contributed by atoms with Gasteiger partial charge < -0.3 is 16.4 Å². The van der Waals surface area contributed by atoms with Crippen molar-refractivity contribution in [3.8, 4) is 5.69 Å². The number of nitrogens with zero attached hydrogens (tertiary/aromatic N) is 4. The molecule has 0 saturated carbocycles. The van der Waals surface area contributed by atoms with E-state index >= 15 is 0 Å². The highest BCUT2D eigenvalue weighted by Gasteiger charge is 2.06. The van der Waals surface area contributed by atoms with Gasteiger partial charge in [0, 0.05) is 13.1 Å². The van der Waals surface area contributed by atoms with E-state index in [0.29, 0.717) is 25.5 Å². The minimum atomic E-state index is -0.532. The molecule has 1 aromatic heterocycles. The Morgan fingerprint density at radius 2 is 2.05 bits per heavy atom. The predicted octanol–water partition coefficient (Wildman–Crippen LogP) is -0.580. The monoisotopic (exact) mass is 261 g/mol. The van der Waals surface area contributed by atoms with Crippen molar-refractivity contribution in [1.29, 1.82) is 0 Å². The maximum absolute atomic E-state index is 10.5. The minimum Gasteiger partial charge on any atom is -0.352 e. The van der Waals surface area contributed by atoms with Gasteiger partial charge in [0.15, 0.2) is 5.82 Å². The van der Waals surface area contributed by atoms with Gasteiger partial charge in [0.1, 0.15) is 0 Å². The number of rotatable bonds is 6. The highest BCUT2D eigenvalue weighted by atomic mass is 16.2. The minimum absolute atomic E-state index is 0.461. The number of benzene rings is 1. The molecule has 100 valence electrons. The average molecular weight is 261 g/mol. The third-order valence-corrected chi connectivity index (χ3v) is 2.42. The van der Waals surface area contributed by atoms with E-state index in [1.807, 2.05) is 30.3 Å². The Bertz CT molecular complexity index is 525. The molecule has 0 radical (unpaired) electrons. The molecule has 4 N–H and O–H groups in total. The van der Waals surface area contributed by atoms with Crippen LogP contribution in [0.1, 0.15) is 5.82 Å². The van der Waals surface area contributed by atoms with Crippen molar-refractivity contribution >= 4 is 6.03 Å². The van der Waals surface area contributed by atoms with Gasteiger partial charge in [-0.15, -0.1) is 5.10 Å². The van der Waals surface area contributed by atoms with Crippen molar-refractivity contribution in [3.63, 3.8) is 0 Å². The molecule has 8 heteroatoms. The van der Waals surface area contributed by atoms with Gasteiger partial charge in [0.2, 0.25) is 0 Å². The maximum atomic E-state index is 10.5. The van der Waals surface area contributed by atoms with Gasteiger partial charge in [-0.25, -0.2) is 4.79 Å². The molecule has 2 aromatic rings. The van der Waals surface area contributed by atoms with E-state index in [2.05, 4.69) is 26.2 Å². The van der Waals surface area contributed by atoms with Gasteiger partial charge in [0.05, 0.1) is 12.2 Å². The van der Waals surface area contributed by atoms with Gasteiger partial charge in [-0.05, 0) is 22.6 Å². The summed E-state index contributed by atoms with van der Waals surface area (Å²) in [6.45, 7) is 1.55. The number of tetrazole rings is 1. The number of urea groups is 1. The number of nitrogens with two attached hydrogens (primary N) is 1. The zero-order valence-electron chi connectivity index (χ0n) is 10.3. The number of carbonyl (C=O) groups is 1. The van der Waals surface area contributed by atoms with Gasteiger partial charge in [-0.1, -0.05) is 18.2 Å². The molecule has 0 saturated heterocycles. The number of primary amides is 1. The first-order valence-corrected chi connectivity index (χ1v) is 5.84. The molecule has 0 unspecified atom stereocenters. The van der Waals surface area contributed by atoms with Gasteiger partial charge in [0.25, 0.3) is 0 Å². The second-order valence-corrected chi connectivity index (χ2v) is 3.81. The van der Waals surface area contributed by atoms with Gasteiger partial charge >= 0.3 is 6.03 Å². The smallest absolute Gasteiger partial charge is 0.312 e. The average Bonchev–Trinajstić information content (AvgIpc) is 2.87. The van der Waals surface area contributed by atoms with E-state index in [0.717, 1.165) is 5.69 Å². The summed E-state index contributed by atoms with van der Waals surface area (Å²) in [5.41, 5.74) is 5.86.